The lowest BCUT2D eigenvalue weighted by atomic mass is 9.97. The molecule has 144 valence electrons. The molecule has 3 rings (SSSR count). The summed E-state index contributed by atoms with van der Waals surface area (Å²) < 4.78 is 1.98. The van der Waals surface area contributed by atoms with Crippen LogP contribution in [-0.4, -0.2) is 37.5 Å². The predicted octanol–water partition coefficient (Wildman–Crippen LogP) is 3.85. The summed E-state index contributed by atoms with van der Waals surface area (Å²) in [6.45, 7) is 4.42. The molecule has 0 spiro atoms. The molecule has 2 heterocycles. The summed E-state index contributed by atoms with van der Waals surface area (Å²) in [4.78, 5) is 16.5. The normalized spacial score (nSPS) is 15.7. The maximum absolute atomic E-state index is 12.4. The molecule has 1 saturated carbocycles. The molecule has 0 aromatic carbocycles. The average Bonchev–Trinajstić information content (AvgIpc) is 3.06. The highest BCUT2D eigenvalue weighted by atomic mass is 32.2. The van der Waals surface area contributed by atoms with Crippen molar-refractivity contribution in [2.75, 3.05) is 5.75 Å². The van der Waals surface area contributed by atoms with Crippen molar-refractivity contribution >= 4 is 17.7 Å². The quantitative estimate of drug-likeness (QED) is 0.579. The number of hydrogen-bond donors (Lipinski definition) is 1. The van der Waals surface area contributed by atoms with Crippen molar-refractivity contribution in [3.8, 4) is 11.4 Å². The number of nitrogens with zero attached hydrogens (tertiary/aromatic N) is 4. The fourth-order valence-electron chi connectivity index (χ4n) is 3.40. The summed E-state index contributed by atoms with van der Waals surface area (Å²) in [7, 11) is 0. The van der Waals surface area contributed by atoms with Gasteiger partial charge in [-0.05, 0) is 25.0 Å². The third-order valence-corrected chi connectivity index (χ3v) is 5.74. The third-order valence-electron chi connectivity index (χ3n) is 4.77. The summed E-state index contributed by atoms with van der Waals surface area (Å²) in [6.07, 6.45) is 13.8. The Hall–Kier alpha value is -2.15. The van der Waals surface area contributed by atoms with E-state index >= 15 is 0 Å². The molecule has 0 atom stereocenters. The Bertz CT molecular complexity index is 738. The topological polar surface area (TPSA) is 72.7 Å². The summed E-state index contributed by atoms with van der Waals surface area (Å²) in [6, 6.07) is 4.12. The first-order valence-electron chi connectivity index (χ1n) is 9.64. The maximum Gasteiger partial charge on any atom is 0.230 e. The van der Waals surface area contributed by atoms with Crippen LogP contribution in [0.2, 0.25) is 0 Å². The Morgan fingerprint density at radius 3 is 2.59 bits per heavy atom. The van der Waals surface area contributed by atoms with Crippen LogP contribution in [0.4, 0.5) is 0 Å². The molecule has 1 fully saturated rings. The standard InChI is InChI=1S/C20H27N5OS/c1-2-14-25-19(16-10-12-21-13-11-16)23-24-20(25)27-15-18(26)22-17-8-6-4-3-5-7-9-17/h2,10-13,17H,1,3-9,14-15H2,(H,22,26). The lowest BCUT2D eigenvalue weighted by Crippen LogP contribution is -2.36. The molecule has 1 N–H and O–H groups in total. The summed E-state index contributed by atoms with van der Waals surface area (Å²) in [5.41, 5.74) is 0.949. The van der Waals surface area contributed by atoms with Gasteiger partial charge in [0, 0.05) is 30.5 Å². The predicted molar refractivity (Wildman–Crippen MR) is 108 cm³/mol. The van der Waals surface area contributed by atoms with Crippen molar-refractivity contribution < 1.29 is 4.79 Å². The van der Waals surface area contributed by atoms with Crippen LogP contribution in [0.3, 0.4) is 0 Å². The van der Waals surface area contributed by atoms with Gasteiger partial charge in [0.05, 0.1) is 5.75 Å². The number of aromatic nitrogens is 4. The van der Waals surface area contributed by atoms with E-state index in [1.165, 1.54) is 43.9 Å². The van der Waals surface area contributed by atoms with Crippen molar-refractivity contribution in [3.05, 3.63) is 37.2 Å². The number of nitrogens with one attached hydrogen (secondary N) is 1. The van der Waals surface area contributed by atoms with Crippen molar-refractivity contribution in [2.24, 2.45) is 0 Å². The van der Waals surface area contributed by atoms with E-state index in [0.717, 1.165) is 29.4 Å². The highest BCUT2D eigenvalue weighted by molar-refractivity contribution is 7.99. The number of carbonyl (C=O) groups excluding carboxylic acids is 1. The number of rotatable bonds is 7. The first-order valence-corrected chi connectivity index (χ1v) is 10.6. The van der Waals surface area contributed by atoms with Gasteiger partial charge in [-0.15, -0.1) is 16.8 Å². The van der Waals surface area contributed by atoms with Gasteiger partial charge in [0.2, 0.25) is 5.91 Å². The molecule has 0 radical (unpaired) electrons. The van der Waals surface area contributed by atoms with Crippen molar-refractivity contribution in [3.63, 3.8) is 0 Å². The van der Waals surface area contributed by atoms with Crippen molar-refractivity contribution in [1.82, 2.24) is 25.1 Å². The van der Waals surface area contributed by atoms with Crippen LogP contribution in [-0.2, 0) is 11.3 Å². The second kappa shape index (κ2) is 10.3. The first kappa shape index (κ1) is 19.6. The molecule has 0 unspecified atom stereocenters. The van der Waals surface area contributed by atoms with Gasteiger partial charge < -0.3 is 5.32 Å². The van der Waals surface area contributed by atoms with Crippen LogP contribution < -0.4 is 5.32 Å². The molecule has 1 aliphatic carbocycles. The monoisotopic (exact) mass is 385 g/mol. The minimum Gasteiger partial charge on any atom is -0.353 e. The molecule has 2 aromatic heterocycles. The van der Waals surface area contributed by atoms with Crippen LogP contribution in [0.5, 0.6) is 0 Å². The zero-order valence-corrected chi connectivity index (χ0v) is 16.5. The summed E-state index contributed by atoms with van der Waals surface area (Å²) >= 11 is 1.42. The Morgan fingerprint density at radius 1 is 1.19 bits per heavy atom. The van der Waals surface area contributed by atoms with Gasteiger partial charge in [-0.25, -0.2) is 0 Å². The van der Waals surface area contributed by atoms with Gasteiger partial charge in [-0.1, -0.05) is 49.9 Å². The van der Waals surface area contributed by atoms with E-state index in [4.69, 9.17) is 0 Å². The summed E-state index contributed by atoms with van der Waals surface area (Å²) in [5, 5.41) is 12.5. The zero-order chi connectivity index (χ0) is 18.9. The maximum atomic E-state index is 12.4. The van der Waals surface area contributed by atoms with E-state index in [0.29, 0.717) is 18.3 Å². The smallest absolute Gasteiger partial charge is 0.230 e. The van der Waals surface area contributed by atoms with Gasteiger partial charge in [0.25, 0.3) is 0 Å². The fraction of sp³-hybridized carbons (Fsp3) is 0.500. The molecule has 7 heteroatoms. The number of pyridine rings is 1. The SMILES string of the molecule is C=CCn1c(SCC(=O)NC2CCCCCCC2)nnc1-c1ccncc1. The largest absolute Gasteiger partial charge is 0.353 e. The van der Waals surface area contributed by atoms with Crippen LogP contribution in [0.25, 0.3) is 11.4 Å². The van der Waals surface area contributed by atoms with E-state index in [9.17, 15) is 4.79 Å². The van der Waals surface area contributed by atoms with E-state index in [1.54, 1.807) is 12.4 Å². The molecule has 0 bridgehead atoms. The van der Waals surface area contributed by atoms with Crippen molar-refractivity contribution in [2.45, 2.75) is 62.7 Å². The number of allylic oxidation sites excluding steroid dienone is 1. The Balaban J connectivity index is 1.60. The Labute approximate surface area is 164 Å². The van der Waals surface area contributed by atoms with Gasteiger partial charge in [0.15, 0.2) is 11.0 Å². The fourth-order valence-corrected chi connectivity index (χ4v) is 4.16. The number of amides is 1. The first-order chi connectivity index (χ1) is 13.3. The summed E-state index contributed by atoms with van der Waals surface area (Å²) in [5.74, 6) is 1.19. The number of carbonyl (C=O) groups is 1. The van der Waals surface area contributed by atoms with Gasteiger partial charge in [0.1, 0.15) is 0 Å². The zero-order valence-electron chi connectivity index (χ0n) is 15.6. The van der Waals surface area contributed by atoms with Crippen LogP contribution in [0, 0.1) is 0 Å². The molecule has 27 heavy (non-hydrogen) atoms. The van der Waals surface area contributed by atoms with Crippen LogP contribution in [0.1, 0.15) is 44.9 Å². The second-order valence-corrected chi connectivity index (χ2v) is 7.78. The molecule has 6 nitrogen and oxygen atoms in total. The van der Waals surface area contributed by atoms with Crippen LogP contribution in [0.15, 0.2) is 42.3 Å². The van der Waals surface area contributed by atoms with Gasteiger partial charge in [-0.3, -0.25) is 14.3 Å². The lowest BCUT2D eigenvalue weighted by Gasteiger charge is -2.20. The number of thioether (sulfide) groups is 1. The molecule has 0 saturated heterocycles. The number of hydrogen-bond acceptors (Lipinski definition) is 5. The van der Waals surface area contributed by atoms with E-state index in [-0.39, 0.29) is 5.91 Å². The lowest BCUT2D eigenvalue weighted by molar-refractivity contribution is -0.119. The third kappa shape index (κ3) is 5.66. The molecule has 1 amide bonds. The highest BCUT2D eigenvalue weighted by Gasteiger charge is 2.17. The van der Waals surface area contributed by atoms with E-state index in [2.05, 4.69) is 27.1 Å². The minimum atomic E-state index is 0.0733. The van der Waals surface area contributed by atoms with Gasteiger partial charge in [-0.2, -0.15) is 0 Å². The van der Waals surface area contributed by atoms with Crippen molar-refractivity contribution in [1.29, 1.82) is 0 Å². The Kier molecular flexibility index (Phi) is 7.45. The molecular formula is C20H27N5OS. The average molecular weight is 386 g/mol. The second-order valence-electron chi connectivity index (χ2n) is 6.84. The Morgan fingerprint density at radius 2 is 1.89 bits per heavy atom. The van der Waals surface area contributed by atoms with E-state index < -0.39 is 0 Å². The molecular weight excluding hydrogens is 358 g/mol. The highest BCUT2D eigenvalue weighted by Crippen LogP contribution is 2.24. The van der Waals surface area contributed by atoms with E-state index in [1.807, 2.05) is 22.8 Å². The molecule has 1 aliphatic rings. The molecule has 2 aromatic rings. The minimum absolute atomic E-state index is 0.0733. The molecule has 0 aliphatic heterocycles. The van der Waals surface area contributed by atoms with Crippen LogP contribution >= 0.6 is 11.8 Å². The van der Waals surface area contributed by atoms with Gasteiger partial charge >= 0.3 is 0 Å².